The molecule has 0 unspecified atom stereocenters. The zero-order chi connectivity index (χ0) is 100. The maximum Gasteiger partial charge on any atom is 0.0543 e. The predicted octanol–water partition coefficient (Wildman–Crippen LogP) is 43.8. The SMILES string of the molecule is CCCCCCCCC1(CCCCCCCC)c2ccccc2-c2ccc(-c3ccc4c(c3)C(C)(C)c3cc(-c5cccc(N(c6cccc(-c7ccc8c(c7)C(C)(C)c7cc(-c9ccc%10c(c9)C(CCCCCCCC)(CCCCCCCC)c9ccccc9-%10)ccc7-8)c6C)c6cc7c(c8ccccc68)-c6cc8c(cc6C7(C)C)-c6ccccc6C8(CCCCCCCC)CCCCCCCC)c5C)ccc3-4)cc21. The van der Waals surface area contributed by atoms with E-state index >= 15 is 0 Å². The molecule has 0 aliphatic heterocycles. The minimum Gasteiger partial charge on any atom is -0.309 e. The van der Waals surface area contributed by atoms with Crippen LogP contribution < -0.4 is 4.90 Å². The van der Waals surface area contributed by atoms with Crippen molar-refractivity contribution >= 4 is 27.8 Å². The third-order valence-electron chi connectivity index (χ3n) is 37.3. The summed E-state index contributed by atoms with van der Waals surface area (Å²) >= 11 is 0. The van der Waals surface area contributed by atoms with Crippen LogP contribution in [0.5, 0.6) is 0 Å². The second kappa shape index (κ2) is 43.9. The van der Waals surface area contributed by atoms with Gasteiger partial charge in [0.15, 0.2) is 0 Å². The van der Waals surface area contributed by atoms with Crippen molar-refractivity contribution in [2.45, 2.75) is 399 Å². The fourth-order valence-electron chi connectivity index (χ4n) is 29.1. The Balaban J connectivity index is 0.682. The van der Waals surface area contributed by atoms with Gasteiger partial charge < -0.3 is 4.90 Å². The Labute approximate surface area is 875 Å². The molecule has 0 saturated carbocycles. The van der Waals surface area contributed by atoms with E-state index in [1.165, 1.54) is 453 Å². The maximum atomic E-state index is 2.79. The first-order valence-electron chi connectivity index (χ1n) is 58.7. The largest absolute Gasteiger partial charge is 0.309 e. The summed E-state index contributed by atoms with van der Waals surface area (Å²) in [5.41, 5.74) is 50.7. The van der Waals surface area contributed by atoms with Gasteiger partial charge in [0.25, 0.3) is 0 Å². The monoisotopic (exact) mass is 1910 g/mol. The third-order valence-corrected chi connectivity index (χ3v) is 37.3. The van der Waals surface area contributed by atoms with Gasteiger partial charge in [0.05, 0.1) is 5.69 Å². The molecular formula is C144H169N. The topological polar surface area (TPSA) is 3.24 Å². The fraction of sp³-hybridized carbons (Fsp3) is 0.431. The lowest BCUT2D eigenvalue weighted by Crippen LogP contribution is -2.26. The van der Waals surface area contributed by atoms with Crippen LogP contribution in [-0.2, 0) is 32.5 Å². The van der Waals surface area contributed by atoms with Crippen molar-refractivity contribution < 1.29 is 0 Å². The molecule has 0 bridgehead atoms. The number of benzene rings is 14. The van der Waals surface area contributed by atoms with Crippen LogP contribution in [0.25, 0.3) is 122 Å². The highest BCUT2D eigenvalue weighted by Crippen LogP contribution is 2.65. The Morgan fingerprint density at radius 1 is 0.172 bits per heavy atom. The van der Waals surface area contributed by atoms with Crippen molar-refractivity contribution in [3.8, 4) is 111 Å². The molecular weight excluding hydrogens is 1740 g/mol. The van der Waals surface area contributed by atoms with Gasteiger partial charge in [-0.15, -0.1) is 0 Å². The molecule has 0 amide bonds. The number of hydrogen-bond donors (Lipinski definition) is 0. The fourth-order valence-corrected chi connectivity index (χ4v) is 29.1. The summed E-state index contributed by atoms with van der Waals surface area (Å²) in [6.45, 7) is 34.1. The average molecular weight is 1910 g/mol. The molecule has 0 atom stereocenters. The van der Waals surface area contributed by atoms with Crippen LogP contribution in [0.4, 0.5) is 17.1 Å². The van der Waals surface area contributed by atoms with Gasteiger partial charge in [0, 0.05) is 49.3 Å². The highest BCUT2D eigenvalue weighted by molar-refractivity contribution is 6.11. The van der Waals surface area contributed by atoms with Crippen LogP contribution in [0, 0.1) is 13.8 Å². The maximum absolute atomic E-state index is 2.79. The summed E-state index contributed by atoms with van der Waals surface area (Å²) in [4.78, 5) is 2.74. The normalized spacial score (nSPS) is 15.1. The van der Waals surface area contributed by atoms with E-state index in [-0.39, 0.29) is 32.5 Å². The summed E-state index contributed by atoms with van der Waals surface area (Å²) in [5.74, 6) is 0. The van der Waals surface area contributed by atoms with Gasteiger partial charge in [-0.2, -0.15) is 0 Å². The van der Waals surface area contributed by atoms with E-state index in [2.05, 4.69) is 363 Å². The molecule has 0 N–H and O–H groups in total. The number of rotatable bonds is 49. The van der Waals surface area contributed by atoms with Crippen molar-refractivity contribution in [3.63, 3.8) is 0 Å². The summed E-state index contributed by atoms with van der Waals surface area (Å²) in [6, 6.07) is 107. The quantitative estimate of drug-likeness (QED) is 0.0344. The van der Waals surface area contributed by atoms with E-state index in [9.17, 15) is 0 Å². The van der Waals surface area contributed by atoms with Gasteiger partial charge in [-0.1, -0.05) is 508 Å². The number of nitrogens with zero attached hydrogens (tertiary/aromatic N) is 1. The first-order chi connectivity index (χ1) is 70.8. The standard InChI is InChI=1S/C144H169N/c1-15-21-27-33-39-53-85-142(86-54-40-34-28-22-16-2)123-68-50-47-61-110(123)117-81-75-104(93-131(117)142)102-73-79-113-115-83-77-106(95-128(115)139(9,10)126(113)91-102)108-66-59-71-135(100(108)7)145(137-99-134-138(120-65-46-45-64-119(120)137)122-98-133-121(97-130(122)141(134,13)14)112-63-49-52-70-125(112)144(133,89-57-43-37-31-25-19-5)90-58-44-38-32-26-20-6)136-72-60-67-109(101(136)8)107-78-84-116-114-80-74-103(92-127(114)140(11,12)129(116)96-107)105-76-82-118-111-62-48-51-69-124(111)143(132(118)94-105,87-55-41-35-29-23-17-3)88-56-42-36-30-24-18-4/h45-52,59-84,91-99H,15-44,53-58,85-90H2,1-14H3. The Kier molecular flexibility index (Phi) is 30.7. The lowest BCUT2D eigenvalue weighted by molar-refractivity contribution is 0.398. The van der Waals surface area contributed by atoms with Crippen molar-refractivity contribution in [3.05, 3.63) is 339 Å². The van der Waals surface area contributed by atoms with E-state index in [4.69, 9.17) is 0 Å². The zero-order valence-electron chi connectivity index (χ0n) is 91.5. The van der Waals surface area contributed by atoms with E-state index in [0.717, 1.165) is 0 Å². The summed E-state index contributed by atoms with van der Waals surface area (Å²) in [5, 5.41) is 2.61. The molecule has 0 heterocycles. The van der Waals surface area contributed by atoms with Crippen molar-refractivity contribution in [1.82, 2.24) is 0 Å². The van der Waals surface area contributed by atoms with Crippen molar-refractivity contribution in [2.24, 2.45) is 0 Å². The Morgan fingerprint density at radius 3 is 0.759 bits per heavy atom. The molecule has 6 aliphatic rings. The molecule has 0 fully saturated rings. The van der Waals surface area contributed by atoms with E-state index in [1.54, 1.807) is 33.4 Å². The molecule has 20 rings (SSSR count). The molecule has 6 aliphatic carbocycles. The Bertz CT molecular complexity index is 6650. The van der Waals surface area contributed by atoms with Crippen LogP contribution in [0.3, 0.4) is 0 Å². The molecule has 0 saturated heterocycles. The molecule has 0 radical (unpaired) electrons. The molecule has 750 valence electrons. The van der Waals surface area contributed by atoms with Gasteiger partial charge in [-0.05, 0) is 314 Å². The van der Waals surface area contributed by atoms with E-state index < -0.39 is 0 Å². The summed E-state index contributed by atoms with van der Waals surface area (Å²) in [6.07, 6.45) is 54.6. The summed E-state index contributed by atoms with van der Waals surface area (Å²) < 4.78 is 0. The molecule has 1 heteroatoms. The predicted molar refractivity (Wildman–Crippen MR) is 629 cm³/mol. The second-order valence-electron chi connectivity index (χ2n) is 47.5. The lowest BCUT2D eigenvalue weighted by Gasteiger charge is -2.33. The number of anilines is 3. The lowest BCUT2D eigenvalue weighted by atomic mass is 9.70. The van der Waals surface area contributed by atoms with Gasteiger partial charge in [0.2, 0.25) is 0 Å². The smallest absolute Gasteiger partial charge is 0.0543 e. The second-order valence-corrected chi connectivity index (χ2v) is 47.5. The molecule has 14 aromatic carbocycles. The molecule has 0 aromatic heterocycles. The van der Waals surface area contributed by atoms with E-state index in [0.29, 0.717) is 0 Å². The highest BCUT2D eigenvalue weighted by Gasteiger charge is 2.50. The third kappa shape index (κ3) is 18.8. The van der Waals surface area contributed by atoms with Crippen LogP contribution in [0.1, 0.15) is 431 Å². The number of unbranched alkanes of at least 4 members (excludes halogenated alkanes) is 30. The highest BCUT2D eigenvalue weighted by atomic mass is 15.1. The first kappa shape index (κ1) is 101. The average Bonchev–Trinajstić information content (AvgIpc) is 1.53. The van der Waals surface area contributed by atoms with Crippen molar-refractivity contribution in [2.75, 3.05) is 4.90 Å². The Hall–Kier alpha value is -10.9. The number of fused-ring (bicyclic) bond motifs is 20. The van der Waals surface area contributed by atoms with Crippen LogP contribution >= 0.6 is 0 Å². The summed E-state index contributed by atoms with van der Waals surface area (Å²) in [7, 11) is 0. The molecule has 14 aromatic rings. The van der Waals surface area contributed by atoms with Crippen LogP contribution in [-0.4, -0.2) is 0 Å². The minimum absolute atomic E-state index is 0.0198. The van der Waals surface area contributed by atoms with Crippen LogP contribution in [0.15, 0.2) is 261 Å². The minimum atomic E-state index is -0.333. The number of hydrogen-bond acceptors (Lipinski definition) is 1. The van der Waals surface area contributed by atoms with Crippen molar-refractivity contribution in [1.29, 1.82) is 0 Å². The van der Waals surface area contributed by atoms with Gasteiger partial charge in [-0.3, -0.25) is 0 Å². The van der Waals surface area contributed by atoms with Gasteiger partial charge in [-0.25, -0.2) is 0 Å². The Morgan fingerprint density at radius 2 is 0.414 bits per heavy atom. The van der Waals surface area contributed by atoms with Gasteiger partial charge >= 0.3 is 0 Å². The first-order valence-corrected chi connectivity index (χ1v) is 58.7. The molecule has 1 nitrogen and oxygen atoms in total. The van der Waals surface area contributed by atoms with E-state index in [1.807, 2.05) is 0 Å². The molecule has 145 heavy (non-hydrogen) atoms. The van der Waals surface area contributed by atoms with Crippen LogP contribution in [0.2, 0.25) is 0 Å². The zero-order valence-corrected chi connectivity index (χ0v) is 91.5. The van der Waals surface area contributed by atoms with Gasteiger partial charge in [0.1, 0.15) is 0 Å². The molecule has 0 spiro atoms.